The Labute approximate surface area is 178 Å². The van der Waals surface area contributed by atoms with Gasteiger partial charge in [-0.05, 0) is 51.0 Å². The number of hydrogen-bond donors (Lipinski definition) is 1. The Morgan fingerprint density at radius 1 is 1.07 bits per heavy atom. The lowest BCUT2D eigenvalue weighted by Crippen LogP contribution is -2.56. The molecule has 9 heteroatoms. The second-order valence-corrected chi connectivity index (χ2v) is 10.1. The molecule has 1 amide bonds. The summed E-state index contributed by atoms with van der Waals surface area (Å²) in [5, 5.41) is 2.84. The van der Waals surface area contributed by atoms with Crippen molar-refractivity contribution in [3.8, 4) is 0 Å². The predicted molar refractivity (Wildman–Crippen MR) is 111 cm³/mol. The molecule has 0 spiro atoms. The number of hydrogen-bond acceptors (Lipinski definition) is 6. The van der Waals surface area contributed by atoms with Gasteiger partial charge in [0, 0.05) is 18.7 Å². The van der Waals surface area contributed by atoms with Gasteiger partial charge in [-0.1, -0.05) is 19.3 Å². The topological polar surface area (TPSA) is 102 Å². The van der Waals surface area contributed by atoms with Crippen molar-refractivity contribution in [1.82, 2.24) is 9.62 Å². The fourth-order valence-corrected chi connectivity index (χ4v) is 5.87. The lowest BCUT2D eigenvalue weighted by Gasteiger charge is -2.35. The number of nitrogens with one attached hydrogen (secondary N) is 1. The highest BCUT2D eigenvalue weighted by Gasteiger charge is 2.42. The monoisotopic (exact) mass is 438 g/mol. The van der Waals surface area contributed by atoms with Crippen molar-refractivity contribution in [3.05, 3.63) is 29.8 Å². The van der Waals surface area contributed by atoms with Crippen LogP contribution in [-0.2, 0) is 24.3 Å². The van der Waals surface area contributed by atoms with Crippen LogP contribution < -0.4 is 5.32 Å². The van der Waals surface area contributed by atoms with Gasteiger partial charge in [-0.15, -0.1) is 0 Å². The average molecular weight is 439 g/mol. The smallest absolute Gasteiger partial charge is 0.331 e. The highest BCUT2D eigenvalue weighted by molar-refractivity contribution is 7.89. The van der Waals surface area contributed by atoms with Crippen LogP contribution >= 0.6 is 0 Å². The average Bonchev–Trinajstić information content (AvgIpc) is 2.73. The van der Waals surface area contributed by atoms with Gasteiger partial charge < -0.3 is 14.8 Å². The van der Waals surface area contributed by atoms with Crippen LogP contribution in [0.5, 0.6) is 0 Å². The van der Waals surface area contributed by atoms with E-state index in [0.717, 1.165) is 19.3 Å². The largest absolute Gasteiger partial charge is 0.467 e. The summed E-state index contributed by atoms with van der Waals surface area (Å²) in [4.78, 5) is 25.3. The predicted octanol–water partition coefficient (Wildman–Crippen LogP) is 2.09. The molecule has 1 saturated heterocycles. The summed E-state index contributed by atoms with van der Waals surface area (Å²) >= 11 is 0. The molecule has 8 nitrogen and oxygen atoms in total. The van der Waals surface area contributed by atoms with Crippen LogP contribution in [0.4, 0.5) is 0 Å². The summed E-state index contributed by atoms with van der Waals surface area (Å²) in [6, 6.07) is 5.81. The Morgan fingerprint density at radius 2 is 1.63 bits per heavy atom. The van der Waals surface area contributed by atoms with Gasteiger partial charge in [-0.3, -0.25) is 4.79 Å². The minimum Gasteiger partial charge on any atom is -0.467 e. The maximum Gasteiger partial charge on any atom is 0.331 e. The van der Waals surface area contributed by atoms with Crippen molar-refractivity contribution >= 4 is 21.9 Å². The lowest BCUT2D eigenvalue weighted by molar-refractivity contribution is -0.149. The molecule has 1 aliphatic carbocycles. The molecule has 0 radical (unpaired) electrons. The molecule has 2 aliphatic rings. The standard InChI is InChI=1S/C21H30N2O6S/c1-15-13-23(14-16(2)29-15)30(26,27)18-9-7-17(8-10-18)19(24)22-21(20(25)28-3)11-5-4-6-12-21/h7-10,15-16H,4-6,11-14H2,1-3H3,(H,22,24)/t15-,16+. The number of amides is 1. The van der Waals surface area contributed by atoms with Crippen LogP contribution in [0, 0.1) is 0 Å². The third-order valence-corrected chi connectivity index (χ3v) is 7.62. The van der Waals surface area contributed by atoms with Crippen LogP contribution in [-0.4, -0.2) is 62.5 Å². The van der Waals surface area contributed by atoms with Crippen molar-refractivity contribution in [3.63, 3.8) is 0 Å². The second-order valence-electron chi connectivity index (χ2n) is 8.19. The normalized spacial score (nSPS) is 24.8. The summed E-state index contributed by atoms with van der Waals surface area (Å²) in [5.74, 6) is -0.856. The van der Waals surface area contributed by atoms with Gasteiger partial charge in [0.1, 0.15) is 5.54 Å². The molecule has 30 heavy (non-hydrogen) atoms. The molecule has 2 fully saturated rings. The van der Waals surface area contributed by atoms with E-state index in [1.54, 1.807) is 0 Å². The molecule has 3 rings (SSSR count). The van der Waals surface area contributed by atoms with E-state index >= 15 is 0 Å². The van der Waals surface area contributed by atoms with Gasteiger partial charge >= 0.3 is 5.97 Å². The van der Waals surface area contributed by atoms with Gasteiger partial charge in [0.15, 0.2) is 0 Å². The van der Waals surface area contributed by atoms with E-state index in [9.17, 15) is 18.0 Å². The minimum absolute atomic E-state index is 0.126. The molecule has 1 aromatic rings. The lowest BCUT2D eigenvalue weighted by atomic mass is 9.81. The molecule has 1 aliphatic heterocycles. The Bertz CT molecular complexity index is 867. The molecule has 1 aromatic carbocycles. The number of morpholine rings is 1. The van der Waals surface area contributed by atoms with E-state index in [2.05, 4.69) is 5.32 Å². The SMILES string of the molecule is COC(=O)C1(NC(=O)c2ccc(S(=O)(=O)N3C[C@@H](C)O[C@@H](C)C3)cc2)CCCCC1. The maximum atomic E-state index is 13.0. The molecule has 1 saturated carbocycles. The number of methoxy groups -OCH3 is 1. The van der Waals surface area contributed by atoms with E-state index in [0.29, 0.717) is 18.4 Å². The zero-order chi connectivity index (χ0) is 21.9. The van der Waals surface area contributed by atoms with E-state index in [1.807, 2.05) is 13.8 Å². The van der Waals surface area contributed by atoms with Gasteiger partial charge in [-0.2, -0.15) is 4.31 Å². The number of esters is 1. The maximum absolute atomic E-state index is 13.0. The van der Waals surface area contributed by atoms with Crippen molar-refractivity contribution in [2.24, 2.45) is 0 Å². The second kappa shape index (κ2) is 9.03. The third-order valence-electron chi connectivity index (χ3n) is 5.78. The summed E-state index contributed by atoms with van der Waals surface area (Å²) in [6.45, 7) is 4.26. The van der Waals surface area contributed by atoms with E-state index in [-0.39, 0.29) is 30.2 Å². The Hall–Kier alpha value is -1.97. The fraction of sp³-hybridized carbons (Fsp3) is 0.619. The number of carbonyl (C=O) groups is 2. The number of sulfonamides is 1. The molecule has 0 unspecified atom stereocenters. The van der Waals surface area contributed by atoms with Crippen molar-refractivity contribution in [2.45, 2.75) is 68.6 Å². The summed E-state index contributed by atoms with van der Waals surface area (Å²) in [5.41, 5.74) is -0.721. The quantitative estimate of drug-likeness (QED) is 0.707. The molecule has 1 heterocycles. The molecular formula is C21H30N2O6S. The zero-order valence-corrected chi connectivity index (χ0v) is 18.5. The summed E-state index contributed by atoms with van der Waals surface area (Å²) in [6.07, 6.45) is 3.39. The van der Waals surface area contributed by atoms with Gasteiger partial charge in [0.25, 0.3) is 5.91 Å². The Morgan fingerprint density at radius 3 is 2.17 bits per heavy atom. The van der Waals surface area contributed by atoms with Crippen LogP contribution in [0.1, 0.15) is 56.3 Å². The zero-order valence-electron chi connectivity index (χ0n) is 17.7. The van der Waals surface area contributed by atoms with Crippen LogP contribution in [0.3, 0.4) is 0 Å². The van der Waals surface area contributed by atoms with E-state index < -0.39 is 27.4 Å². The molecular weight excluding hydrogens is 408 g/mol. The van der Waals surface area contributed by atoms with Crippen LogP contribution in [0.25, 0.3) is 0 Å². The minimum atomic E-state index is -3.68. The van der Waals surface area contributed by atoms with Crippen LogP contribution in [0.2, 0.25) is 0 Å². The first-order chi connectivity index (χ1) is 14.2. The van der Waals surface area contributed by atoms with E-state index in [4.69, 9.17) is 9.47 Å². The third kappa shape index (κ3) is 4.68. The number of nitrogens with zero attached hydrogens (tertiary/aromatic N) is 1. The van der Waals surface area contributed by atoms with Gasteiger partial charge in [0.2, 0.25) is 10.0 Å². The molecule has 2 atom stereocenters. The number of ether oxygens (including phenoxy) is 2. The highest BCUT2D eigenvalue weighted by atomic mass is 32.2. The van der Waals surface area contributed by atoms with Crippen molar-refractivity contribution in [2.75, 3.05) is 20.2 Å². The van der Waals surface area contributed by atoms with Crippen molar-refractivity contribution < 1.29 is 27.5 Å². The molecule has 0 bridgehead atoms. The number of carbonyl (C=O) groups excluding carboxylic acids is 2. The Kier molecular flexibility index (Phi) is 6.84. The number of rotatable bonds is 5. The van der Waals surface area contributed by atoms with E-state index in [1.165, 1.54) is 35.7 Å². The molecule has 166 valence electrons. The fourth-order valence-electron chi connectivity index (χ4n) is 4.27. The highest BCUT2D eigenvalue weighted by Crippen LogP contribution is 2.30. The van der Waals surface area contributed by atoms with Gasteiger partial charge in [-0.25, -0.2) is 13.2 Å². The first-order valence-electron chi connectivity index (χ1n) is 10.3. The first kappa shape index (κ1) is 22.7. The Balaban J connectivity index is 1.76. The van der Waals surface area contributed by atoms with Crippen molar-refractivity contribution in [1.29, 1.82) is 0 Å². The van der Waals surface area contributed by atoms with Crippen LogP contribution in [0.15, 0.2) is 29.2 Å². The summed E-state index contributed by atoms with van der Waals surface area (Å²) < 4.78 is 37.9. The van der Waals surface area contributed by atoms with Gasteiger partial charge in [0.05, 0.1) is 24.2 Å². The molecule has 0 aromatic heterocycles. The molecule has 1 N–H and O–H groups in total. The summed E-state index contributed by atoms with van der Waals surface area (Å²) in [7, 11) is -2.36. The number of benzene rings is 1. The first-order valence-corrected chi connectivity index (χ1v) is 11.8.